The SMILES string of the molecule is [CH2-]C.[CH2-]C(C)(C)c1ccccc1.[Zn+2]. The fourth-order valence-corrected chi connectivity index (χ4v) is 0.889. The van der Waals surface area contributed by atoms with Crippen molar-refractivity contribution < 1.29 is 19.5 Å². The Morgan fingerprint density at radius 3 is 1.62 bits per heavy atom. The summed E-state index contributed by atoms with van der Waals surface area (Å²) in [6, 6.07) is 10.3. The Kier molecular flexibility index (Phi) is 8.56. The summed E-state index contributed by atoms with van der Waals surface area (Å²) in [6.07, 6.45) is 0. The van der Waals surface area contributed by atoms with E-state index in [1.165, 1.54) is 5.56 Å². The van der Waals surface area contributed by atoms with Gasteiger partial charge in [-0.25, -0.2) is 0 Å². The third-order valence-electron chi connectivity index (χ3n) is 1.56. The van der Waals surface area contributed by atoms with Gasteiger partial charge in [0.05, 0.1) is 0 Å². The molecule has 0 heterocycles. The first-order valence-electron chi connectivity index (χ1n) is 4.22. The van der Waals surface area contributed by atoms with Gasteiger partial charge < -0.3 is 13.8 Å². The molecule has 0 nitrogen and oxygen atoms in total. The maximum Gasteiger partial charge on any atom is 2.00 e. The van der Waals surface area contributed by atoms with Crippen molar-refractivity contribution in [1.82, 2.24) is 0 Å². The monoisotopic (exact) mass is 226 g/mol. The van der Waals surface area contributed by atoms with Crippen LogP contribution in [-0.2, 0) is 24.9 Å². The largest absolute Gasteiger partial charge is 2.00 e. The quantitative estimate of drug-likeness (QED) is 0.508. The topological polar surface area (TPSA) is 0 Å². The van der Waals surface area contributed by atoms with Crippen molar-refractivity contribution in [3.8, 4) is 0 Å². The summed E-state index contributed by atoms with van der Waals surface area (Å²) < 4.78 is 0. The van der Waals surface area contributed by atoms with Gasteiger partial charge >= 0.3 is 19.5 Å². The Morgan fingerprint density at radius 1 is 1.00 bits per heavy atom. The van der Waals surface area contributed by atoms with Crippen LogP contribution in [0.4, 0.5) is 0 Å². The minimum Gasteiger partial charge on any atom is -0.346 e. The van der Waals surface area contributed by atoms with E-state index in [9.17, 15) is 0 Å². The molecule has 0 spiro atoms. The first-order chi connectivity index (χ1) is 5.61. The van der Waals surface area contributed by atoms with Gasteiger partial charge in [0.15, 0.2) is 0 Å². The van der Waals surface area contributed by atoms with Crippen molar-refractivity contribution in [2.45, 2.75) is 26.2 Å². The van der Waals surface area contributed by atoms with Crippen LogP contribution < -0.4 is 0 Å². The van der Waals surface area contributed by atoms with Gasteiger partial charge in [0.2, 0.25) is 0 Å². The molecular formula is C12H18Zn. The molecule has 68 valence electrons. The Balaban J connectivity index is 0. The van der Waals surface area contributed by atoms with Crippen LogP contribution in [-0.4, -0.2) is 0 Å². The molecule has 0 aliphatic carbocycles. The van der Waals surface area contributed by atoms with Gasteiger partial charge in [-0.05, 0) is 0 Å². The number of hydrogen-bond donors (Lipinski definition) is 0. The van der Waals surface area contributed by atoms with Gasteiger partial charge in [-0.3, -0.25) is 0 Å². The summed E-state index contributed by atoms with van der Waals surface area (Å²) in [6.45, 7) is 13.3. The van der Waals surface area contributed by atoms with Crippen LogP contribution in [0.1, 0.15) is 26.3 Å². The molecule has 13 heavy (non-hydrogen) atoms. The van der Waals surface area contributed by atoms with Crippen molar-refractivity contribution in [1.29, 1.82) is 0 Å². The molecule has 0 atom stereocenters. The van der Waals surface area contributed by atoms with Crippen LogP contribution in [0.5, 0.6) is 0 Å². The van der Waals surface area contributed by atoms with Crippen LogP contribution in [0.2, 0.25) is 0 Å². The molecule has 0 aliphatic rings. The number of rotatable bonds is 1. The van der Waals surface area contributed by atoms with Crippen molar-refractivity contribution in [3.05, 3.63) is 49.7 Å². The molecule has 1 aromatic carbocycles. The summed E-state index contributed by atoms with van der Waals surface area (Å²) in [7, 11) is 0. The van der Waals surface area contributed by atoms with Crippen LogP contribution in [0.3, 0.4) is 0 Å². The van der Waals surface area contributed by atoms with E-state index in [2.05, 4.69) is 39.8 Å². The molecule has 0 unspecified atom stereocenters. The predicted molar refractivity (Wildman–Crippen MR) is 55.9 cm³/mol. The molecule has 0 radical (unpaired) electrons. The summed E-state index contributed by atoms with van der Waals surface area (Å²) >= 11 is 0. The molecule has 0 bridgehead atoms. The van der Waals surface area contributed by atoms with Crippen molar-refractivity contribution >= 4 is 0 Å². The molecular weight excluding hydrogens is 210 g/mol. The average molecular weight is 228 g/mol. The number of hydrogen-bond acceptors (Lipinski definition) is 0. The zero-order valence-electron chi connectivity index (χ0n) is 9.01. The second-order valence-corrected chi connectivity index (χ2v) is 3.25. The van der Waals surface area contributed by atoms with Gasteiger partial charge in [0.25, 0.3) is 0 Å². The van der Waals surface area contributed by atoms with Crippen LogP contribution in [0, 0.1) is 13.8 Å². The van der Waals surface area contributed by atoms with Crippen LogP contribution in [0.15, 0.2) is 30.3 Å². The van der Waals surface area contributed by atoms with Gasteiger partial charge in [-0.1, -0.05) is 49.7 Å². The van der Waals surface area contributed by atoms with Crippen molar-refractivity contribution in [3.63, 3.8) is 0 Å². The second-order valence-electron chi connectivity index (χ2n) is 3.25. The summed E-state index contributed by atoms with van der Waals surface area (Å²) in [5, 5.41) is 0. The van der Waals surface area contributed by atoms with Gasteiger partial charge in [-0.15, -0.1) is 5.41 Å². The maximum absolute atomic E-state index is 4.04. The molecule has 0 saturated heterocycles. The summed E-state index contributed by atoms with van der Waals surface area (Å²) in [5.74, 6) is 0. The Hall–Kier alpha value is -0.157. The first kappa shape index (κ1) is 15.3. The molecule has 1 rings (SSSR count). The Bertz CT molecular complexity index is 196. The molecule has 0 aliphatic heterocycles. The standard InChI is InChI=1S/C10H13.C2H5.Zn/c1-10(2,3)9-7-5-4-6-8-9;1-2;/h4-8H,1H2,2-3H3;1H2,2H3;/q2*-1;+2. The molecule has 1 aromatic rings. The normalized spacial score (nSPS) is 9.31. The van der Waals surface area contributed by atoms with Gasteiger partial charge in [0, 0.05) is 0 Å². The average Bonchev–Trinajstić information content (AvgIpc) is 2.08. The van der Waals surface area contributed by atoms with E-state index in [1.807, 2.05) is 18.2 Å². The van der Waals surface area contributed by atoms with E-state index in [0.717, 1.165) is 0 Å². The van der Waals surface area contributed by atoms with E-state index in [0.29, 0.717) is 0 Å². The molecule has 1 heteroatoms. The first-order valence-corrected chi connectivity index (χ1v) is 4.22. The minimum absolute atomic E-state index is 0. The summed E-state index contributed by atoms with van der Waals surface area (Å²) in [4.78, 5) is 0. The van der Waals surface area contributed by atoms with E-state index in [-0.39, 0.29) is 24.9 Å². The molecule has 0 N–H and O–H groups in total. The Labute approximate surface area is 95.5 Å². The molecule has 0 fully saturated rings. The smallest absolute Gasteiger partial charge is 0.346 e. The van der Waals surface area contributed by atoms with Gasteiger partial charge in [0.1, 0.15) is 0 Å². The number of benzene rings is 1. The molecule has 0 amide bonds. The third kappa shape index (κ3) is 5.99. The zero-order chi connectivity index (χ0) is 9.61. The van der Waals surface area contributed by atoms with Crippen molar-refractivity contribution in [2.75, 3.05) is 0 Å². The van der Waals surface area contributed by atoms with E-state index < -0.39 is 0 Å². The molecule has 0 aromatic heterocycles. The van der Waals surface area contributed by atoms with Crippen LogP contribution in [0.25, 0.3) is 0 Å². The second kappa shape index (κ2) is 7.27. The minimum atomic E-state index is 0. The Morgan fingerprint density at radius 2 is 1.38 bits per heavy atom. The van der Waals surface area contributed by atoms with Crippen molar-refractivity contribution in [2.24, 2.45) is 0 Å². The maximum atomic E-state index is 4.04. The van der Waals surface area contributed by atoms with E-state index >= 15 is 0 Å². The fraction of sp³-hybridized carbons (Fsp3) is 0.333. The van der Waals surface area contributed by atoms with Crippen LogP contribution >= 0.6 is 0 Å². The molecule has 0 saturated carbocycles. The van der Waals surface area contributed by atoms with E-state index in [4.69, 9.17) is 0 Å². The third-order valence-corrected chi connectivity index (χ3v) is 1.56. The van der Waals surface area contributed by atoms with Gasteiger partial charge in [-0.2, -0.15) is 6.92 Å². The van der Waals surface area contributed by atoms with E-state index in [1.54, 1.807) is 6.92 Å². The fourth-order valence-electron chi connectivity index (χ4n) is 0.889. The zero-order valence-corrected chi connectivity index (χ0v) is 12.0. The predicted octanol–water partition coefficient (Wildman–Crippen LogP) is 3.64. The summed E-state index contributed by atoms with van der Waals surface area (Å²) in [5.41, 5.74) is 1.33.